The maximum Gasteiger partial charge on any atom is 0.284 e. The molecule has 216 valence electrons. The van der Waals surface area contributed by atoms with Gasteiger partial charge in [-0.05, 0) is 82.5 Å². The average Bonchev–Trinajstić information content (AvgIpc) is 3.26. The molecule has 2 aromatic rings. The number of nitriles is 1. The molecular weight excluding hydrogens is 529 g/mol. The smallest absolute Gasteiger partial charge is 0.284 e. The van der Waals surface area contributed by atoms with Crippen molar-refractivity contribution in [2.45, 2.75) is 65.3 Å². The number of aliphatic hydroxyl groups excluding tert-OH is 1. The number of primary amides is 1. The largest absolute Gasteiger partial charge is 0.451 e. The van der Waals surface area contributed by atoms with Crippen molar-refractivity contribution in [3.8, 4) is 11.8 Å². The van der Waals surface area contributed by atoms with Crippen molar-refractivity contribution in [3.05, 3.63) is 76.8 Å². The van der Waals surface area contributed by atoms with Gasteiger partial charge in [0.15, 0.2) is 5.76 Å². The molecule has 1 aliphatic rings. The highest BCUT2D eigenvalue weighted by atomic mass is 19.1. The molecule has 0 spiro atoms. The summed E-state index contributed by atoms with van der Waals surface area (Å²) in [6, 6.07) is 9.55. The van der Waals surface area contributed by atoms with E-state index in [1.54, 1.807) is 26.8 Å². The molecule has 1 aliphatic heterocycles. The Morgan fingerprint density at radius 2 is 1.98 bits per heavy atom. The van der Waals surface area contributed by atoms with Gasteiger partial charge in [0.1, 0.15) is 17.6 Å². The van der Waals surface area contributed by atoms with Gasteiger partial charge in [-0.2, -0.15) is 5.26 Å². The zero-order chi connectivity index (χ0) is 30.6. The number of aliphatic hydroxyl groups is 1. The fourth-order valence-corrected chi connectivity index (χ4v) is 4.87. The highest BCUT2D eigenvalue weighted by Gasteiger charge is 2.51. The summed E-state index contributed by atoms with van der Waals surface area (Å²) in [5.41, 5.74) is 5.44. The van der Waals surface area contributed by atoms with E-state index in [1.807, 2.05) is 0 Å². The molecule has 4 atom stereocenters. The predicted molar refractivity (Wildman–Crippen MR) is 149 cm³/mol. The van der Waals surface area contributed by atoms with Crippen LogP contribution in [-0.4, -0.2) is 51.6 Å². The Labute approximate surface area is 238 Å². The highest BCUT2D eigenvalue weighted by molar-refractivity contribution is 6.00. The lowest BCUT2D eigenvalue weighted by atomic mass is 9.84. The number of nitrogens with one attached hydrogen (secondary N) is 2. The van der Waals surface area contributed by atoms with Gasteiger partial charge in [-0.3, -0.25) is 14.4 Å². The number of benzene rings is 2. The zero-order valence-corrected chi connectivity index (χ0v) is 23.6. The van der Waals surface area contributed by atoms with Crippen LogP contribution in [0.5, 0.6) is 5.75 Å². The second kappa shape index (κ2) is 12.3. The van der Waals surface area contributed by atoms with Gasteiger partial charge in [0.05, 0.1) is 29.7 Å². The number of ether oxygens (including phenoxy) is 1. The number of hydrogen-bond donors (Lipinski definition) is 4. The van der Waals surface area contributed by atoms with Crippen LogP contribution in [-0.2, 0) is 9.59 Å². The zero-order valence-electron chi connectivity index (χ0n) is 23.6. The molecule has 0 radical (unpaired) electrons. The summed E-state index contributed by atoms with van der Waals surface area (Å²) in [4.78, 5) is 40.0. The Morgan fingerprint density at radius 1 is 1.29 bits per heavy atom. The molecule has 3 unspecified atom stereocenters. The van der Waals surface area contributed by atoms with Crippen LogP contribution in [0.25, 0.3) is 0 Å². The molecule has 41 heavy (non-hydrogen) atoms. The van der Waals surface area contributed by atoms with E-state index in [0.717, 1.165) is 0 Å². The summed E-state index contributed by atoms with van der Waals surface area (Å²) in [5, 5.41) is 31.0. The number of amides is 3. The quantitative estimate of drug-likeness (QED) is 0.207. The van der Waals surface area contributed by atoms with Gasteiger partial charge in [0.2, 0.25) is 5.91 Å². The lowest BCUT2D eigenvalue weighted by Crippen LogP contribution is -2.52. The maximum absolute atomic E-state index is 14.1. The number of nitrogens with zero attached hydrogens (tertiary/aromatic N) is 2. The normalized spacial score (nSPS) is 19.7. The summed E-state index contributed by atoms with van der Waals surface area (Å²) in [6.45, 7) is 7.94. The minimum Gasteiger partial charge on any atom is -0.451 e. The van der Waals surface area contributed by atoms with E-state index in [4.69, 9.17) is 15.9 Å². The van der Waals surface area contributed by atoms with Crippen LogP contribution < -0.4 is 15.8 Å². The van der Waals surface area contributed by atoms with E-state index in [1.165, 1.54) is 61.2 Å². The fourth-order valence-electron chi connectivity index (χ4n) is 4.87. The van der Waals surface area contributed by atoms with E-state index < -0.39 is 53.2 Å². The van der Waals surface area contributed by atoms with E-state index in [2.05, 4.69) is 11.4 Å². The van der Waals surface area contributed by atoms with Crippen LogP contribution in [0, 0.1) is 34.9 Å². The van der Waals surface area contributed by atoms with Gasteiger partial charge >= 0.3 is 0 Å². The number of aryl methyl sites for hydroxylation is 1. The summed E-state index contributed by atoms with van der Waals surface area (Å²) in [5.74, 6) is -2.46. The third-order valence-corrected chi connectivity index (χ3v) is 7.00. The number of nitrogens with two attached hydrogens (primary N) is 1. The molecule has 3 rings (SSSR count). The molecule has 10 nitrogen and oxygen atoms in total. The minimum atomic E-state index is -1.06. The van der Waals surface area contributed by atoms with Crippen molar-refractivity contribution in [2.75, 3.05) is 0 Å². The highest BCUT2D eigenvalue weighted by Crippen LogP contribution is 2.43. The molecule has 1 fully saturated rings. The second-order valence-corrected chi connectivity index (χ2v) is 10.7. The van der Waals surface area contributed by atoms with Crippen molar-refractivity contribution < 1.29 is 28.6 Å². The lowest BCUT2D eigenvalue weighted by molar-refractivity contribution is -0.138. The molecule has 5 N–H and O–H groups in total. The number of carbonyl (C=O) groups excluding carboxylic acids is 3. The lowest BCUT2D eigenvalue weighted by Gasteiger charge is -2.38. The van der Waals surface area contributed by atoms with E-state index in [0.29, 0.717) is 11.1 Å². The van der Waals surface area contributed by atoms with E-state index in [-0.39, 0.29) is 29.2 Å². The van der Waals surface area contributed by atoms with Crippen molar-refractivity contribution in [1.82, 2.24) is 10.2 Å². The molecule has 1 heterocycles. The van der Waals surface area contributed by atoms with Crippen LogP contribution in [0.1, 0.15) is 61.6 Å². The molecule has 3 amide bonds. The van der Waals surface area contributed by atoms with Crippen LogP contribution in [0.15, 0.2) is 54.3 Å². The van der Waals surface area contributed by atoms with Crippen molar-refractivity contribution in [1.29, 1.82) is 10.7 Å². The molecule has 11 heteroatoms. The van der Waals surface area contributed by atoms with Crippen LogP contribution in [0.4, 0.5) is 4.39 Å². The minimum absolute atomic E-state index is 0.0664. The number of carbonyl (C=O) groups is 3. The molecule has 1 saturated heterocycles. The first-order valence-corrected chi connectivity index (χ1v) is 13.0. The van der Waals surface area contributed by atoms with Crippen molar-refractivity contribution in [2.24, 2.45) is 11.1 Å². The van der Waals surface area contributed by atoms with Gasteiger partial charge in [0, 0.05) is 17.4 Å². The van der Waals surface area contributed by atoms with Crippen LogP contribution in [0.2, 0.25) is 0 Å². The number of likely N-dealkylation sites (tertiary alicyclic amines) is 1. The first-order valence-electron chi connectivity index (χ1n) is 13.0. The van der Waals surface area contributed by atoms with E-state index in [9.17, 15) is 29.1 Å². The van der Waals surface area contributed by atoms with E-state index >= 15 is 0 Å². The van der Waals surface area contributed by atoms with Crippen molar-refractivity contribution in [3.63, 3.8) is 0 Å². The average molecular weight is 564 g/mol. The summed E-state index contributed by atoms with van der Waals surface area (Å²) < 4.78 is 19.6. The van der Waals surface area contributed by atoms with Crippen molar-refractivity contribution >= 4 is 23.4 Å². The molecule has 0 saturated carbocycles. The molecule has 0 bridgehead atoms. The fraction of sp³-hybridized carbons (Fsp3) is 0.367. The van der Waals surface area contributed by atoms with Gasteiger partial charge in [-0.1, -0.05) is 12.1 Å². The Morgan fingerprint density at radius 3 is 2.54 bits per heavy atom. The second-order valence-electron chi connectivity index (χ2n) is 10.7. The molecule has 0 aromatic heterocycles. The SMILES string of the molecule is CC(=N)/C=C(/Oc1ccc(C(=O)N[C@H](C)C(=O)N2C(c3cccc(F)c3)C(O)CC2C(C)(C)C#N)cc1C)C(N)=O. The Bertz CT molecular complexity index is 1450. The molecule has 0 aliphatic carbocycles. The maximum atomic E-state index is 14.1. The number of hydrogen-bond acceptors (Lipinski definition) is 7. The predicted octanol–water partition coefficient (Wildman–Crippen LogP) is 3.29. The summed E-state index contributed by atoms with van der Waals surface area (Å²) in [7, 11) is 0. The Hall–Kier alpha value is -4.56. The third kappa shape index (κ3) is 6.96. The van der Waals surface area contributed by atoms with Gasteiger partial charge in [-0.25, -0.2) is 4.39 Å². The Kier molecular flexibility index (Phi) is 9.30. The summed E-state index contributed by atoms with van der Waals surface area (Å²) >= 11 is 0. The van der Waals surface area contributed by atoms with Crippen LogP contribution >= 0.6 is 0 Å². The first kappa shape index (κ1) is 31.0. The third-order valence-electron chi connectivity index (χ3n) is 7.00. The topological polar surface area (TPSA) is 170 Å². The van der Waals surface area contributed by atoms with Gasteiger partial charge < -0.3 is 31.2 Å². The van der Waals surface area contributed by atoms with Crippen LogP contribution in [0.3, 0.4) is 0 Å². The number of halogens is 1. The van der Waals surface area contributed by atoms with Gasteiger partial charge in [-0.15, -0.1) is 0 Å². The number of allylic oxidation sites excluding steroid dienone is 1. The Balaban J connectivity index is 1.86. The monoisotopic (exact) mass is 563 g/mol. The number of rotatable bonds is 9. The van der Waals surface area contributed by atoms with Gasteiger partial charge in [0.25, 0.3) is 11.8 Å². The standard InChI is InChI=1S/C30H34FN5O5/c1-16-11-20(9-10-23(16)41-24(27(34)38)12-17(2)33)28(39)35-18(3)29(40)36-25(30(4,5)15-32)14-22(37)26(36)19-7-6-8-21(31)13-19/h6-13,18,22,25-26,33,37H,14H2,1-5H3,(H2,34,38)(H,35,39)/b24-12+,33-17?/t18-,22?,25?,26?/m1/s1. The molecule has 2 aromatic carbocycles. The molecular formula is C30H34FN5O5. The summed E-state index contributed by atoms with van der Waals surface area (Å²) in [6.07, 6.45) is 0.240. The first-order chi connectivity index (χ1) is 19.2.